The standard InChI is InChI=1S/C13H10FI/c14-13-8-11(6-7-12(13)9-15)10-4-2-1-3-5-10/h1-8H,9H2. The van der Waals surface area contributed by atoms with Crippen molar-refractivity contribution < 1.29 is 4.39 Å². The molecule has 0 radical (unpaired) electrons. The van der Waals surface area contributed by atoms with Gasteiger partial charge in [0.2, 0.25) is 0 Å². The molecule has 2 aromatic rings. The van der Waals surface area contributed by atoms with Gasteiger partial charge < -0.3 is 0 Å². The minimum Gasteiger partial charge on any atom is -0.207 e. The zero-order chi connectivity index (χ0) is 10.7. The molecule has 0 nitrogen and oxygen atoms in total. The van der Waals surface area contributed by atoms with Crippen LogP contribution in [-0.2, 0) is 4.43 Å². The zero-order valence-corrected chi connectivity index (χ0v) is 10.2. The van der Waals surface area contributed by atoms with Crippen molar-refractivity contribution in [2.24, 2.45) is 0 Å². The van der Waals surface area contributed by atoms with Gasteiger partial charge >= 0.3 is 0 Å². The van der Waals surface area contributed by atoms with E-state index < -0.39 is 0 Å². The fourth-order valence-corrected chi connectivity index (χ4v) is 2.08. The van der Waals surface area contributed by atoms with Crippen LogP contribution in [0.2, 0.25) is 0 Å². The third-order valence-corrected chi connectivity index (χ3v) is 3.13. The van der Waals surface area contributed by atoms with Gasteiger partial charge in [-0.15, -0.1) is 0 Å². The highest BCUT2D eigenvalue weighted by molar-refractivity contribution is 14.1. The first-order valence-corrected chi connectivity index (χ1v) is 6.23. The van der Waals surface area contributed by atoms with Gasteiger partial charge in [-0.3, -0.25) is 0 Å². The van der Waals surface area contributed by atoms with Crippen molar-refractivity contribution in [3.8, 4) is 11.1 Å². The molecule has 0 amide bonds. The van der Waals surface area contributed by atoms with E-state index in [1.54, 1.807) is 6.07 Å². The molecule has 2 rings (SSSR count). The molecular formula is C13H10FI. The van der Waals surface area contributed by atoms with Gasteiger partial charge in [-0.05, 0) is 22.8 Å². The molecule has 2 heteroatoms. The Kier molecular flexibility index (Phi) is 3.36. The van der Waals surface area contributed by atoms with E-state index in [0.717, 1.165) is 16.7 Å². The first-order valence-electron chi connectivity index (χ1n) is 4.71. The fourth-order valence-electron chi connectivity index (χ4n) is 1.47. The molecule has 0 heterocycles. The third-order valence-electron chi connectivity index (χ3n) is 2.30. The summed E-state index contributed by atoms with van der Waals surface area (Å²) < 4.78 is 14.2. The number of hydrogen-bond acceptors (Lipinski definition) is 0. The molecule has 0 aliphatic carbocycles. The Morgan fingerprint density at radius 1 is 0.933 bits per heavy atom. The second-order valence-electron chi connectivity index (χ2n) is 3.31. The van der Waals surface area contributed by atoms with Crippen LogP contribution in [0.25, 0.3) is 11.1 Å². The molecule has 0 saturated heterocycles. The maximum atomic E-state index is 13.5. The lowest BCUT2D eigenvalue weighted by molar-refractivity contribution is 0.618. The van der Waals surface area contributed by atoms with Crippen LogP contribution >= 0.6 is 22.6 Å². The van der Waals surface area contributed by atoms with Crippen molar-refractivity contribution >= 4 is 22.6 Å². The summed E-state index contributed by atoms with van der Waals surface area (Å²) in [6.45, 7) is 0. The summed E-state index contributed by atoms with van der Waals surface area (Å²) in [5.74, 6) is -0.120. The summed E-state index contributed by atoms with van der Waals surface area (Å²) in [5, 5.41) is 0. The number of hydrogen-bond donors (Lipinski definition) is 0. The second kappa shape index (κ2) is 4.75. The normalized spacial score (nSPS) is 10.3. The van der Waals surface area contributed by atoms with Crippen molar-refractivity contribution in [3.63, 3.8) is 0 Å². The van der Waals surface area contributed by atoms with Crippen LogP contribution in [0.5, 0.6) is 0 Å². The lowest BCUT2D eigenvalue weighted by Gasteiger charge is -2.04. The Hall–Kier alpha value is -0.900. The first-order chi connectivity index (χ1) is 7.31. The van der Waals surface area contributed by atoms with E-state index in [1.165, 1.54) is 0 Å². The summed E-state index contributed by atoms with van der Waals surface area (Å²) >= 11 is 2.17. The van der Waals surface area contributed by atoms with Crippen molar-refractivity contribution in [3.05, 3.63) is 59.9 Å². The van der Waals surface area contributed by atoms with Crippen LogP contribution in [0, 0.1) is 5.82 Å². The number of benzene rings is 2. The second-order valence-corrected chi connectivity index (χ2v) is 4.07. The van der Waals surface area contributed by atoms with Crippen LogP contribution in [0.3, 0.4) is 0 Å². The van der Waals surface area contributed by atoms with Gasteiger partial charge in [0, 0.05) is 4.43 Å². The minimum atomic E-state index is -0.120. The van der Waals surface area contributed by atoms with Crippen LogP contribution in [0.15, 0.2) is 48.5 Å². The smallest absolute Gasteiger partial charge is 0.127 e. The average molecular weight is 312 g/mol. The highest BCUT2D eigenvalue weighted by Crippen LogP contribution is 2.22. The highest BCUT2D eigenvalue weighted by Gasteiger charge is 2.03. The maximum Gasteiger partial charge on any atom is 0.127 e. The van der Waals surface area contributed by atoms with Gasteiger partial charge in [0.05, 0.1) is 0 Å². The summed E-state index contributed by atoms with van der Waals surface area (Å²) in [6, 6.07) is 15.3. The third kappa shape index (κ3) is 2.37. The lowest BCUT2D eigenvalue weighted by Crippen LogP contribution is -1.86. The first kappa shape index (κ1) is 10.6. The van der Waals surface area contributed by atoms with E-state index >= 15 is 0 Å². The zero-order valence-electron chi connectivity index (χ0n) is 8.08. The SMILES string of the molecule is Fc1cc(-c2ccccc2)ccc1CI. The number of alkyl halides is 1. The molecule has 15 heavy (non-hydrogen) atoms. The van der Waals surface area contributed by atoms with Crippen molar-refractivity contribution in [2.75, 3.05) is 0 Å². The summed E-state index contributed by atoms with van der Waals surface area (Å²) in [6.07, 6.45) is 0. The minimum absolute atomic E-state index is 0.120. The highest BCUT2D eigenvalue weighted by atomic mass is 127. The molecule has 0 fully saturated rings. The van der Waals surface area contributed by atoms with Crippen LogP contribution in [-0.4, -0.2) is 0 Å². The molecule has 0 spiro atoms. The molecular weight excluding hydrogens is 302 g/mol. The van der Waals surface area contributed by atoms with E-state index in [2.05, 4.69) is 22.6 Å². The maximum absolute atomic E-state index is 13.5. The number of rotatable bonds is 2. The van der Waals surface area contributed by atoms with E-state index in [9.17, 15) is 4.39 Å². The van der Waals surface area contributed by atoms with Crippen molar-refractivity contribution in [2.45, 2.75) is 4.43 Å². The predicted molar refractivity (Wildman–Crippen MR) is 69.6 cm³/mol. The fraction of sp³-hybridized carbons (Fsp3) is 0.0769. The Labute approximate surface area is 102 Å². The van der Waals surface area contributed by atoms with Gasteiger partial charge in [0.15, 0.2) is 0 Å². The molecule has 0 aliphatic heterocycles. The lowest BCUT2D eigenvalue weighted by atomic mass is 10.0. The molecule has 76 valence electrons. The Balaban J connectivity index is 2.43. The molecule has 2 aromatic carbocycles. The van der Waals surface area contributed by atoms with Crippen LogP contribution in [0.4, 0.5) is 4.39 Å². The molecule has 0 saturated carbocycles. The molecule has 0 unspecified atom stereocenters. The summed E-state index contributed by atoms with van der Waals surface area (Å²) in [5.41, 5.74) is 2.74. The Morgan fingerprint density at radius 2 is 1.67 bits per heavy atom. The molecule has 0 atom stereocenters. The largest absolute Gasteiger partial charge is 0.207 e. The van der Waals surface area contributed by atoms with Crippen LogP contribution < -0.4 is 0 Å². The van der Waals surface area contributed by atoms with Crippen LogP contribution in [0.1, 0.15) is 5.56 Å². The van der Waals surface area contributed by atoms with E-state index in [-0.39, 0.29) is 5.82 Å². The van der Waals surface area contributed by atoms with Gasteiger partial charge in [-0.1, -0.05) is 65.1 Å². The van der Waals surface area contributed by atoms with Crippen molar-refractivity contribution in [1.29, 1.82) is 0 Å². The van der Waals surface area contributed by atoms with E-state index in [1.807, 2.05) is 42.5 Å². The summed E-state index contributed by atoms with van der Waals surface area (Å²) in [7, 11) is 0. The monoisotopic (exact) mass is 312 g/mol. The van der Waals surface area contributed by atoms with E-state index in [0.29, 0.717) is 4.43 Å². The molecule has 0 N–H and O–H groups in total. The molecule has 0 aliphatic rings. The topological polar surface area (TPSA) is 0 Å². The predicted octanol–water partition coefficient (Wildman–Crippen LogP) is 4.43. The van der Waals surface area contributed by atoms with Gasteiger partial charge in [-0.25, -0.2) is 4.39 Å². The quantitative estimate of drug-likeness (QED) is 0.568. The summed E-state index contributed by atoms with van der Waals surface area (Å²) in [4.78, 5) is 0. The van der Waals surface area contributed by atoms with E-state index in [4.69, 9.17) is 0 Å². The molecule has 0 bridgehead atoms. The number of halogens is 2. The van der Waals surface area contributed by atoms with Crippen molar-refractivity contribution in [1.82, 2.24) is 0 Å². The molecule has 0 aromatic heterocycles. The Bertz CT molecular complexity index is 451. The van der Waals surface area contributed by atoms with Gasteiger partial charge in [0.1, 0.15) is 5.82 Å². The average Bonchev–Trinajstić information content (AvgIpc) is 2.30. The van der Waals surface area contributed by atoms with Gasteiger partial charge in [0.25, 0.3) is 0 Å². The Morgan fingerprint density at radius 3 is 2.27 bits per heavy atom. The van der Waals surface area contributed by atoms with Gasteiger partial charge in [-0.2, -0.15) is 0 Å².